The Morgan fingerprint density at radius 1 is 1.30 bits per heavy atom. The first-order valence-corrected chi connectivity index (χ1v) is 8.04. The van der Waals surface area contributed by atoms with Crippen molar-refractivity contribution in [1.29, 1.82) is 0 Å². The second kappa shape index (κ2) is 8.71. The van der Waals surface area contributed by atoms with Crippen molar-refractivity contribution in [2.24, 2.45) is 5.73 Å². The topological polar surface area (TPSA) is 68.2 Å². The molecule has 0 spiro atoms. The summed E-state index contributed by atoms with van der Waals surface area (Å²) in [7, 11) is 0. The maximum Gasteiger partial charge on any atom is 0.157 e. The minimum Gasteiger partial charge on any atom is -0.367 e. The molecule has 1 aliphatic carbocycles. The van der Waals surface area contributed by atoms with Crippen LogP contribution in [0.2, 0.25) is 0 Å². The Labute approximate surface area is 150 Å². The lowest BCUT2D eigenvalue weighted by atomic mass is 9.92. The molecule has 0 aliphatic heterocycles. The monoisotopic (exact) mass is 359 g/mol. The van der Waals surface area contributed by atoms with Crippen molar-refractivity contribution in [2.45, 2.75) is 64.0 Å². The summed E-state index contributed by atoms with van der Waals surface area (Å²) in [5.74, 6) is 1.52. The number of halogens is 2. The summed E-state index contributed by atoms with van der Waals surface area (Å²) >= 11 is 0. The van der Waals surface area contributed by atoms with E-state index in [4.69, 9.17) is 10.7 Å². The standard InChI is InChI=1S/C16H25N5.2ClH/c1-3-11(2)14-10-16(21-15(20-14)8-9-18-21)19-13-6-4-12(17)5-7-13;;/h8-13,19H,3-7,17H2,1-2H3;2*1H. The van der Waals surface area contributed by atoms with E-state index in [9.17, 15) is 0 Å². The van der Waals surface area contributed by atoms with Crippen LogP contribution in [-0.4, -0.2) is 26.7 Å². The molecule has 3 rings (SSSR count). The first-order valence-electron chi connectivity index (χ1n) is 8.04. The fourth-order valence-electron chi connectivity index (χ4n) is 2.97. The molecule has 0 radical (unpaired) electrons. The number of fused-ring (bicyclic) bond motifs is 1. The summed E-state index contributed by atoms with van der Waals surface area (Å²) in [6, 6.07) is 4.99. The van der Waals surface area contributed by atoms with Crippen LogP contribution in [0.4, 0.5) is 5.82 Å². The Morgan fingerprint density at radius 3 is 2.65 bits per heavy atom. The predicted molar refractivity (Wildman–Crippen MR) is 100 cm³/mol. The second-order valence-corrected chi connectivity index (χ2v) is 6.23. The molecule has 0 aromatic carbocycles. The molecule has 5 nitrogen and oxygen atoms in total. The van der Waals surface area contributed by atoms with Gasteiger partial charge in [-0.3, -0.25) is 0 Å². The van der Waals surface area contributed by atoms with Crippen molar-refractivity contribution in [3.63, 3.8) is 0 Å². The number of rotatable bonds is 4. The molecule has 2 heterocycles. The van der Waals surface area contributed by atoms with Crippen molar-refractivity contribution in [2.75, 3.05) is 5.32 Å². The highest BCUT2D eigenvalue weighted by atomic mass is 35.5. The average molecular weight is 360 g/mol. The molecule has 7 heteroatoms. The molecule has 1 atom stereocenters. The third-order valence-electron chi connectivity index (χ3n) is 4.62. The fourth-order valence-corrected chi connectivity index (χ4v) is 2.97. The number of nitrogens with zero attached hydrogens (tertiary/aromatic N) is 3. The molecule has 1 saturated carbocycles. The summed E-state index contributed by atoms with van der Waals surface area (Å²) in [4.78, 5) is 4.71. The number of nitrogens with one attached hydrogen (secondary N) is 1. The highest BCUT2D eigenvalue weighted by Gasteiger charge is 2.20. The molecule has 23 heavy (non-hydrogen) atoms. The lowest BCUT2D eigenvalue weighted by Gasteiger charge is -2.28. The lowest BCUT2D eigenvalue weighted by molar-refractivity contribution is 0.410. The molecular weight excluding hydrogens is 333 g/mol. The first kappa shape index (κ1) is 20.0. The Bertz CT molecular complexity index is 608. The minimum atomic E-state index is 0. The zero-order valence-corrected chi connectivity index (χ0v) is 15.4. The van der Waals surface area contributed by atoms with E-state index >= 15 is 0 Å². The smallest absolute Gasteiger partial charge is 0.157 e. The fraction of sp³-hybridized carbons (Fsp3) is 0.625. The number of nitrogens with two attached hydrogens (primary N) is 1. The van der Waals surface area contributed by atoms with Crippen LogP contribution in [0.15, 0.2) is 18.3 Å². The Balaban J connectivity index is 0.00000132. The van der Waals surface area contributed by atoms with Gasteiger partial charge in [0.15, 0.2) is 5.65 Å². The van der Waals surface area contributed by atoms with E-state index in [1.54, 1.807) is 0 Å². The lowest BCUT2D eigenvalue weighted by Crippen LogP contribution is -2.33. The van der Waals surface area contributed by atoms with Gasteiger partial charge < -0.3 is 11.1 Å². The molecule has 3 N–H and O–H groups in total. The maximum absolute atomic E-state index is 5.99. The molecular formula is C16H27Cl2N5. The molecule has 1 fully saturated rings. The summed E-state index contributed by atoms with van der Waals surface area (Å²) in [6.07, 6.45) is 7.36. The molecule has 2 aromatic heterocycles. The third kappa shape index (κ3) is 4.49. The Hall–Kier alpha value is -1.04. The van der Waals surface area contributed by atoms with Gasteiger partial charge in [-0.1, -0.05) is 13.8 Å². The van der Waals surface area contributed by atoms with Crippen LogP contribution < -0.4 is 11.1 Å². The van der Waals surface area contributed by atoms with Crippen LogP contribution in [0.1, 0.15) is 57.6 Å². The second-order valence-electron chi connectivity index (χ2n) is 6.23. The van der Waals surface area contributed by atoms with E-state index in [1.165, 1.54) is 0 Å². The van der Waals surface area contributed by atoms with Crippen molar-refractivity contribution in [1.82, 2.24) is 14.6 Å². The third-order valence-corrected chi connectivity index (χ3v) is 4.62. The summed E-state index contributed by atoms with van der Waals surface area (Å²) in [5.41, 5.74) is 8.05. The number of aromatic nitrogens is 3. The highest BCUT2D eigenvalue weighted by molar-refractivity contribution is 5.85. The van der Waals surface area contributed by atoms with Gasteiger partial charge >= 0.3 is 0 Å². The van der Waals surface area contributed by atoms with Crippen molar-refractivity contribution >= 4 is 36.3 Å². The summed E-state index contributed by atoms with van der Waals surface area (Å²) in [5, 5.41) is 8.05. The van der Waals surface area contributed by atoms with E-state index < -0.39 is 0 Å². The average Bonchev–Trinajstić information content (AvgIpc) is 2.97. The van der Waals surface area contributed by atoms with E-state index in [0.717, 1.165) is 49.3 Å². The van der Waals surface area contributed by atoms with E-state index in [1.807, 2.05) is 16.8 Å². The van der Waals surface area contributed by atoms with Gasteiger partial charge in [0.2, 0.25) is 0 Å². The van der Waals surface area contributed by atoms with Gasteiger partial charge in [-0.15, -0.1) is 24.8 Å². The van der Waals surface area contributed by atoms with Crippen LogP contribution in [0.5, 0.6) is 0 Å². The van der Waals surface area contributed by atoms with Gasteiger partial charge in [-0.25, -0.2) is 4.98 Å². The van der Waals surface area contributed by atoms with E-state index in [2.05, 4.69) is 30.3 Å². The van der Waals surface area contributed by atoms with Gasteiger partial charge in [0, 0.05) is 29.9 Å². The van der Waals surface area contributed by atoms with Crippen LogP contribution in [0.25, 0.3) is 5.65 Å². The summed E-state index contributed by atoms with van der Waals surface area (Å²) in [6.45, 7) is 4.42. The van der Waals surface area contributed by atoms with Crippen molar-refractivity contribution in [3.8, 4) is 0 Å². The SMILES string of the molecule is CCC(C)c1cc(NC2CCC(N)CC2)n2nccc2n1.Cl.Cl. The van der Waals surface area contributed by atoms with Crippen LogP contribution in [0.3, 0.4) is 0 Å². The van der Waals surface area contributed by atoms with Gasteiger partial charge in [-0.2, -0.15) is 9.61 Å². The van der Waals surface area contributed by atoms with E-state index in [0.29, 0.717) is 18.0 Å². The van der Waals surface area contributed by atoms with E-state index in [-0.39, 0.29) is 24.8 Å². The number of anilines is 1. The Kier molecular flexibility index (Phi) is 7.58. The van der Waals surface area contributed by atoms with Crippen LogP contribution in [0, 0.1) is 0 Å². The predicted octanol–water partition coefficient (Wildman–Crippen LogP) is 3.77. The largest absolute Gasteiger partial charge is 0.367 e. The molecule has 0 saturated heterocycles. The van der Waals surface area contributed by atoms with Gasteiger partial charge in [-0.05, 0) is 38.0 Å². The van der Waals surface area contributed by atoms with Crippen LogP contribution >= 0.6 is 24.8 Å². The van der Waals surface area contributed by atoms with Crippen molar-refractivity contribution < 1.29 is 0 Å². The molecule has 1 aliphatic rings. The molecule has 130 valence electrons. The zero-order chi connectivity index (χ0) is 14.8. The van der Waals surface area contributed by atoms with Gasteiger partial charge in [0.05, 0.1) is 6.20 Å². The molecule has 2 aromatic rings. The maximum atomic E-state index is 5.99. The molecule has 0 amide bonds. The quantitative estimate of drug-likeness (QED) is 0.871. The van der Waals surface area contributed by atoms with Gasteiger partial charge in [0.1, 0.15) is 5.82 Å². The number of hydrogen-bond acceptors (Lipinski definition) is 4. The Morgan fingerprint density at radius 2 is 2.00 bits per heavy atom. The first-order chi connectivity index (χ1) is 10.2. The summed E-state index contributed by atoms with van der Waals surface area (Å²) < 4.78 is 1.90. The minimum absolute atomic E-state index is 0. The number of hydrogen-bond donors (Lipinski definition) is 2. The van der Waals surface area contributed by atoms with Gasteiger partial charge in [0.25, 0.3) is 0 Å². The molecule has 0 bridgehead atoms. The highest BCUT2D eigenvalue weighted by Crippen LogP contribution is 2.25. The normalized spacial score (nSPS) is 22.0. The van der Waals surface area contributed by atoms with Crippen LogP contribution in [-0.2, 0) is 0 Å². The molecule has 1 unspecified atom stereocenters. The van der Waals surface area contributed by atoms with Crippen molar-refractivity contribution in [3.05, 3.63) is 24.0 Å². The zero-order valence-electron chi connectivity index (χ0n) is 13.7.